The zero-order valence-corrected chi connectivity index (χ0v) is 20.9. The number of nitrogens with zero attached hydrogens (tertiary/aromatic N) is 3. The van der Waals surface area contributed by atoms with Gasteiger partial charge in [0.05, 0.1) is 23.9 Å². The normalized spacial score (nSPS) is 11.4. The Bertz CT molecular complexity index is 1540. The molecule has 0 aliphatic heterocycles. The molecule has 1 heterocycles. The zero-order valence-electron chi connectivity index (χ0n) is 18.5. The van der Waals surface area contributed by atoms with Crippen LogP contribution in [0.4, 0.5) is 10.8 Å². The van der Waals surface area contributed by atoms with E-state index < -0.39 is 15.0 Å². The molecular formula is C23H17ClN4O6S2. The van der Waals surface area contributed by atoms with Crippen LogP contribution in [0.3, 0.4) is 0 Å². The standard InChI is InChI=1S/C23H17ClN4O6S2/c1-33-22-11-15(5-10-21(22)34-36(31,32)19-8-6-17(24)7-9-19)13-25-27-23-26-20(14-35-23)16-3-2-4-18(12-16)28(29)30/h2-14H,1H3,(H,26,27)/b25-13-. The Morgan fingerprint density at radius 3 is 2.61 bits per heavy atom. The van der Waals surface area contributed by atoms with Gasteiger partial charge in [-0.2, -0.15) is 13.5 Å². The van der Waals surface area contributed by atoms with Crippen molar-refractivity contribution in [2.24, 2.45) is 5.10 Å². The minimum absolute atomic E-state index is 0.0130. The molecule has 0 bridgehead atoms. The highest BCUT2D eigenvalue weighted by Crippen LogP contribution is 2.31. The topological polar surface area (TPSA) is 133 Å². The second-order valence-corrected chi connectivity index (χ2v) is 9.96. The summed E-state index contributed by atoms with van der Waals surface area (Å²) < 4.78 is 35.6. The summed E-state index contributed by atoms with van der Waals surface area (Å²) in [6, 6.07) is 16.4. The first-order valence-electron chi connectivity index (χ1n) is 10.1. The molecule has 0 atom stereocenters. The molecule has 0 radical (unpaired) electrons. The molecule has 0 aliphatic rings. The lowest BCUT2D eigenvalue weighted by atomic mass is 10.1. The fourth-order valence-electron chi connectivity index (χ4n) is 3.00. The van der Waals surface area contributed by atoms with Crippen LogP contribution >= 0.6 is 22.9 Å². The first kappa shape index (κ1) is 25.1. The lowest BCUT2D eigenvalue weighted by Crippen LogP contribution is -2.10. The Labute approximate surface area is 215 Å². The van der Waals surface area contributed by atoms with Crippen LogP contribution in [0.2, 0.25) is 5.02 Å². The van der Waals surface area contributed by atoms with Crippen molar-refractivity contribution in [2.75, 3.05) is 12.5 Å². The summed E-state index contributed by atoms with van der Waals surface area (Å²) >= 11 is 7.10. The summed E-state index contributed by atoms with van der Waals surface area (Å²) in [5.41, 5.74) is 4.58. The highest BCUT2D eigenvalue weighted by molar-refractivity contribution is 7.87. The molecule has 0 saturated carbocycles. The van der Waals surface area contributed by atoms with E-state index in [4.69, 9.17) is 20.5 Å². The molecule has 184 valence electrons. The summed E-state index contributed by atoms with van der Waals surface area (Å²) in [6.07, 6.45) is 1.49. The number of hydrogen-bond acceptors (Lipinski definition) is 10. The molecule has 0 fully saturated rings. The molecular weight excluding hydrogens is 528 g/mol. The quantitative estimate of drug-likeness (QED) is 0.125. The molecule has 1 aromatic heterocycles. The van der Waals surface area contributed by atoms with Crippen LogP contribution < -0.4 is 14.3 Å². The maximum absolute atomic E-state index is 12.6. The van der Waals surface area contributed by atoms with E-state index in [9.17, 15) is 18.5 Å². The van der Waals surface area contributed by atoms with Gasteiger partial charge in [-0.1, -0.05) is 23.7 Å². The number of benzene rings is 3. The summed E-state index contributed by atoms with van der Waals surface area (Å²) in [5.74, 6) is 0.206. The van der Waals surface area contributed by atoms with Crippen molar-refractivity contribution in [3.63, 3.8) is 0 Å². The fraction of sp³-hybridized carbons (Fsp3) is 0.0435. The lowest BCUT2D eigenvalue weighted by Gasteiger charge is -2.11. The second kappa shape index (κ2) is 10.7. The number of hydrogen-bond donors (Lipinski definition) is 1. The van der Waals surface area contributed by atoms with Crippen molar-refractivity contribution in [1.82, 2.24) is 4.98 Å². The van der Waals surface area contributed by atoms with Gasteiger partial charge < -0.3 is 8.92 Å². The molecule has 3 aromatic carbocycles. The number of nitro benzene ring substituents is 1. The summed E-state index contributed by atoms with van der Waals surface area (Å²) in [7, 11) is -2.70. The average Bonchev–Trinajstić information content (AvgIpc) is 3.34. The van der Waals surface area contributed by atoms with E-state index in [-0.39, 0.29) is 22.1 Å². The third-order valence-electron chi connectivity index (χ3n) is 4.72. The minimum Gasteiger partial charge on any atom is -0.493 e. The molecule has 13 heteroatoms. The van der Waals surface area contributed by atoms with Crippen LogP contribution in [-0.4, -0.2) is 31.6 Å². The highest BCUT2D eigenvalue weighted by atomic mass is 35.5. The van der Waals surface area contributed by atoms with E-state index in [0.29, 0.717) is 27.0 Å². The van der Waals surface area contributed by atoms with Crippen LogP contribution in [0.1, 0.15) is 5.56 Å². The Morgan fingerprint density at radius 1 is 1.11 bits per heavy atom. The van der Waals surface area contributed by atoms with Crippen molar-refractivity contribution >= 4 is 50.1 Å². The molecule has 0 aliphatic carbocycles. The van der Waals surface area contributed by atoms with Crippen molar-refractivity contribution in [3.05, 3.63) is 92.8 Å². The first-order valence-corrected chi connectivity index (χ1v) is 12.8. The van der Waals surface area contributed by atoms with E-state index in [2.05, 4.69) is 15.5 Å². The third-order valence-corrected chi connectivity index (χ3v) is 6.97. The van der Waals surface area contributed by atoms with Crippen LogP contribution in [0.25, 0.3) is 11.3 Å². The maximum atomic E-state index is 12.6. The SMILES string of the molecule is COc1cc(/C=N\Nc2nc(-c3cccc([N+](=O)[O-])c3)cs2)ccc1OS(=O)(=O)c1ccc(Cl)cc1. The van der Waals surface area contributed by atoms with Gasteiger partial charge >= 0.3 is 10.1 Å². The van der Waals surface area contributed by atoms with Gasteiger partial charge in [0.1, 0.15) is 4.90 Å². The van der Waals surface area contributed by atoms with Crippen LogP contribution in [0.5, 0.6) is 11.5 Å². The highest BCUT2D eigenvalue weighted by Gasteiger charge is 2.19. The van der Waals surface area contributed by atoms with E-state index in [1.54, 1.807) is 29.6 Å². The smallest absolute Gasteiger partial charge is 0.339 e. The fourth-order valence-corrected chi connectivity index (χ4v) is 4.73. The summed E-state index contributed by atoms with van der Waals surface area (Å²) in [4.78, 5) is 14.9. The van der Waals surface area contributed by atoms with Gasteiger partial charge in [0.25, 0.3) is 5.69 Å². The van der Waals surface area contributed by atoms with Gasteiger partial charge in [-0.15, -0.1) is 11.3 Å². The Hall–Kier alpha value is -4.00. The van der Waals surface area contributed by atoms with Crippen molar-refractivity contribution in [3.8, 4) is 22.8 Å². The number of anilines is 1. The number of aromatic nitrogens is 1. The van der Waals surface area contributed by atoms with Gasteiger partial charge in [-0.05, 0) is 48.0 Å². The van der Waals surface area contributed by atoms with Crippen LogP contribution in [0.15, 0.2) is 82.1 Å². The maximum Gasteiger partial charge on any atom is 0.339 e. The van der Waals surface area contributed by atoms with Gasteiger partial charge in [-0.3, -0.25) is 15.5 Å². The van der Waals surface area contributed by atoms with E-state index in [1.807, 2.05) is 0 Å². The molecule has 0 spiro atoms. The number of non-ortho nitro benzene ring substituents is 1. The summed E-state index contributed by atoms with van der Waals surface area (Å²) in [6.45, 7) is 0. The molecule has 1 N–H and O–H groups in total. The zero-order chi connectivity index (χ0) is 25.7. The van der Waals surface area contributed by atoms with Crippen molar-refractivity contribution < 1.29 is 22.3 Å². The average molecular weight is 545 g/mol. The molecule has 10 nitrogen and oxygen atoms in total. The van der Waals surface area contributed by atoms with Crippen LogP contribution in [-0.2, 0) is 10.1 Å². The molecule has 0 saturated heterocycles. The van der Waals surface area contributed by atoms with Gasteiger partial charge in [0, 0.05) is 28.1 Å². The molecule has 0 amide bonds. The minimum atomic E-state index is -4.09. The van der Waals surface area contributed by atoms with E-state index >= 15 is 0 Å². The van der Waals surface area contributed by atoms with Crippen molar-refractivity contribution in [1.29, 1.82) is 0 Å². The summed E-state index contributed by atoms with van der Waals surface area (Å²) in [5, 5.41) is 17.8. The number of rotatable bonds is 9. The Morgan fingerprint density at radius 2 is 1.89 bits per heavy atom. The van der Waals surface area contributed by atoms with Gasteiger partial charge in [-0.25, -0.2) is 4.98 Å². The van der Waals surface area contributed by atoms with Crippen molar-refractivity contribution in [2.45, 2.75) is 4.90 Å². The van der Waals surface area contributed by atoms with Crippen LogP contribution in [0, 0.1) is 10.1 Å². The molecule has 0 unspecified atom stereocenters. The number of nitrogens with one attached hydrogen (secondary N) is 1. The number of nitro groups is 1. The monoisotopic (exact) mass is 544 g/mol. The predicted octanol–water partition coefficient (Wildman–Crippen LogP) is 5.59. The van der Waals surface area contributed by atoms with E-state index in [0.717, 1.165) is 0 Å². The number of thiazole rings is 1. The Balaban J connectivity index is 1.45. The molecule has 36 heavy (non-hydrogen) atoms. The number of methoxy groups -OCH3 is 1. The predicted molar refractivity (Wildman–Crippen MR) is 138 cm³/mol. The van der Waals surface area contributed by atoms with E-state index in [1.165, 1.54) is 67.1 Å². The first-order chi connectivity index (χ1) is 17.2. The second-order valence-electron chi connectivity index (χ2n) is 7.12. The number of hydrazone groups is 1. The number of halogens is 1. The van der Waals surface area contributed by atoms with Gasteiger partial charge in [0.15, 0.2) is 11.5 Å². The molecule has 4 rings (SSSR count). The molecule has 4 aromatic rings. The Kier molecular flexibility index (Phi) is 7.48. The van der Waals surface area contributed by atoms with Gasteiger partial charge in [0.2, 0.25) is 5.13 Å². The third kappa shape index (κ3) is 5.97. The number of ether oxygens (including phenoxy) is 1. The largest absolute Gasteiger partial charge is 0.493 e. The lowest BCUT2D eigenvalue weighted by molar-refractivity contribution is -0.384.